The van der Waals surface area contributed by atoms with Gasteiger partial charge in [0, 0.05) is 16.6 Å². The van der Waals surface area contributed by atoms with Crippen LogP contribution in [0.25, 0.3) is 10.8 Å². The van der Waals surface area contributed by atoms with Gasteiger partial charge < -0.3 is 5.32 Å². The van der Waals surface area contributed by atoms with Crippen LogP contribution in [0.2, 0.25) is 0 Å². The first-order valence-corrected chi connectivity index (χ1v) is 9.45. The summed E-state index contributed by atoms with van der Waals surface area (Å²) < 4.78 is 0. The van der Waals surface area contributed by atoms with Crippen LogP contribution < -0.4 is 5.32 Å². The lowest BCUT2D eigenvalue weighted by Crippen LogP contribution is -2.28. The molecule has 4 rings (SSSR count). The van der Waals surface area contributed by atoms with Gasteiger partial charge in [0.25, 0.3) is 11.1 Å². The van der Waals surface area contributed by atoms with Gasteiger partial charge in [-0.2, -0.15) is 0 Å². The normalized spacial score (nSPS) is 14.0. The zero-order valence-corrected chi connectivity index (χ0v) is 15.2. The number of hydrogen-bond acceptors (Lipinski definition) is 4. The molecular formula is C21H16N2O3S. The number of rotatable bonds is 4. The largest absolute Gasteiger partial charge is 0.321 e. The monoisotopic (exact) mass is 376 g/mol. The van der Waals surface area contributed by atoms with Gasteiger partial charge in [-0.15, -0.1) is 0 Å². The Bertz CT molecular complexity index is 1040. The number of nitrogens with zero attached hydrogens (tertiary/aromatic N) is 1. The van der Waals surface area contributed by atoms with Gasteiger partial charge >= 0.3 is 0 Å². The molecule has 1 saturated heterocycles. The Morgan fingerprint density at radius 2 is 1.78 bits per heavy atom. The van der Waals surface area contributed by atoms with Crippen molar-refractivity contribution in [3.63, 3.8) is 0 Å². The van der Waals surface area contributed by atoms with Crippen LogP contribution in [0.4, 0.5) is 10.5 Å². The molecule has 0 spiro atoms. The molecule has 0 unspecified atom stereocenters. The molecule has 0 saturated carbocycles. The molecule has 6 heteroatoms. The molecule has 0 aliphatic carbocycles. The van der Waals surface area contributed by atoms with Crippen molar-refractivity contribution in [3.8, 4) is 0 Å². The number of fused-ring (bicyclic) bond motifs is 1. The SMILES string of the molecule is O=C(Nc1cccc2ccccc12)c1cccc(CN2C(=O)CSC2=O)c1. The average Bonchev–Trinajstić information content (AvgIpc) is 3.00. The maximum absolute atomic E-state index is 12.7. The lowest BCUT2D eigenvalue weighted by molar-refractivity contribution is -0.125. The number of thioether (sulfide) groups is 1. The summed E-state index contributed by atoms with van der Waals surface area (Å²) in [5.41, 5.74) is 1.96. The molecule has 0 bridgehead atoms. The van der Waals surface area contributed by atoms with E-state index in [1.807, 2.05) is 42.5 Å². The maximum Gasteiger partial charge on any atom is 0.289 e. The maximum atomic E-state index is 12.7. The number of benzene rings is 3. The van der Waals surface area contributed by atoms with E-state index in [1.165, 1.54) is 4.90 Å². The highest BCUT2D eigenvalue weighted by Crippen LogP contribution is 2.24. The summed E-state index contributed by atoms with van der Waals surface area (Å²) in [6.45, 7) is 0.181. The lowest BCUT2D eigenvalue weighted by Gasteiger charge is -2.14. The zero-order chi connectivity index (χ0) is 18.8. The molecule has 1 heterocycles. The standard InChI is InChI=1S/C21H16N2O3S/c24-19-13-27-21(26)23(19)12-14-5-3-8-16(11-14)20(25)22-18-10-4-7-15-6-1-2-9-17(15)18/h1-11H,12-13H2,(H,22,25). The molecule has 1 aliphatic rings. The summed E-state index contributed by atoms with van der Waals surface area (Å²) in [5, 5.41) is 4.72. The Morgan fingerprint density at radius 1 is 1.00 bits per heavy atom. The van der Waals surface area contributed by atoms with Crippen molar-refractivity contribution < 1.29 is 14.4 Å². The fourth-order valence-electron chi connectivity index (χ4n) is 3.06. The minimum absolute atomic E-state index is 0.181. The van der Waals surface area contributed by atoms with E-state index in [4.69, 9.17) is 0 Å². The first kappa shape index (κ1) is 17.3. The van der Waals surface area contributed by atoms with Crippen molar-refractivity contribution >= 4 is 45.3 Å². The van der Waals surface area contributed by atoms with Gasteiger partial charge in [0.2, 0.25) is 5.91 Å². The zero-order valence-electron chi connectivity index (χ0n) is 14.3. The van der Waals surface area contributed by atoms with Crippen molar-refractivity contribution in [2.45, 2.75) is 6.54 Å². The van der Waals surface area contributed by atoms with Crippen LogP contribution >= 0.6 is 11.8 Å². The molecule has 3 amide bonds. The van der Waals surface area contributed by atoms with Crippen molar-refractivity contribution in [2.24, 2.45) is 0 Å². The quantitative estimate of drug-likeness (QED) is 0.738. The number of nitrogens with one attached hydrogen (secondary N) is 1. The molecule has 0 aromatic heterocycles. The van der Waals surface area contributed by atoms with E-state index in [0.29, 0.717) is 5.56 Å². The molecule has 134 valence electrons. The summed E-state index contributed by atoms with van der Waals surface area (Å²) in [6.07, 6.45) is 0. The van der Waals surface area contributed by atoms with Crippen molar-refractivity contribution in [1.29, 1.82) is 0 Å². The molecular weight excluding hydrogens is 360 g/mol. The molecule has 1 fully saturated rings. The molecule has 0 atom stereocenters. The van der Waals surface area contributed by atoms with E-state index in [-0.39, 0.29) is 29.4 Å². The van der Waals surface area contributed by atoms with Crippen LogP contribution in [0, 0.1) is 0 Å². The van der Waals surface area contributed by atoms with Crippen LogP contribution in [0.5, 0.6) is 0 Å². The van der Waals surface area contributed by atoms with E-state index >= 15 is 0 Å². The van der Waals surface area contributed by atoms with Gasteiger partial charge in [-0.25, -0.2) is 0 Å². The predicted octanol–water partition coefficient (Wildman–Crippen LogP) is 4.29. The first-order chi connectivity index (χ1) is 13.1. The first-order valence-electron chi connectivity index (χ1n) is 8.47. The Balaban J connectivity index is 1.55. The highest BCUT2D eigenvalue weighted by atomic mass is 32.2. The number of carbonyl (C=O) groups is 3. The number of amides is 3. The number of carbonyl (C=O) groups excluding carboxylic acids is 3. The smallest absolute Gasteiger partial charge is 0.289 e. The van der Waals surface area contributed by atoms with Crippen molar-refractivity contribution in [2.75, 3.05) is 11.1 Å². The lowest BCUT2D eigenvalue weighted by atomic mass is 10.1. The summed E-state index contributed by atoms with van der Waals surface area (Å²) in [7, 11) is 0. The Morgan fingerprint density at radius 3 is 2.59 bits per heavy atom. The molecule has 3 aromatic carbocycles. The number of imide groups is 1. The van der Waals surface area contributed by atoms with Crippen molar-refractivity contribution in [1.82, 2.24) is 4.90 Å². The molecule has 0 radical (unpaired) electrons. The molecule has 1 N–H and O–H groups in total. The fourth-order valence-corrected chi connectivity index (χ4v) is 3.78. The van der Waals surface area contributed by atoms with Gasteiger partial charge in [-0.3, -0.25) is 19.3 Å². The van der Waals surface area contributed by atoms with Crippen LogP contribution in [0.15, 0.2) is 66.7 Å². The fraction of sp³-hybridized carbons (Fsp3) is 0.0952. The van der Waals surface area contributed by atoms with E-state index in [0.717, 1.165) is 33.8 Å². The summed E-state index contributed by atoms with van der Waals surface area (Å²) in [4.78, 5) is 37.5. The highest BCUT2D eigenvalue weighted by molar-refractivity contribution is 8.14. The van der Waals surface area contributed by atoms with E-state index < -0.39 is 0 Å². The van der Waals surface area contributed by atoms with E-state index in [2.05, 4.69) is 5.32 Å². The number of anilines is 1. The second-order valence-corrected chi connectivity index (χ2v) is 7.14. The molecule has 1 aliphatic heterocycles. The van der Waals surface area contributed by atoms with Gasteiger partial charge in [-0.1, -0.05) is 60.3 Å². The van der Waals surface area contributed by atoms with Crippen LogP contribution in [0.3, 0.4) is 0 Å². The molecule has 3 aromatic rings. The van der Waals surface area contributed by atoms with E-state index in [9.17, 15) is 14.4 Å². The van der Waals surface area contributed by atoms with Crippen LogP contribution in [0.1, 0.15) is 15.9 Å². The second kappa shape index (κ2) is 7.25. The van der Waals surface area contributed by atoms with E-state index in [1.54, 1.807) is 24.3 Å². The summed E-state index contributed by atoms with van der Waals surface area (Å²) in [6, 6.07) is 20.6. The van der Waals surface area contributed by atoms with Crippen LogP contribution in [-0.4, -0.2) is 27.7 Å². The van der Waals surface area contributed by atoms with Crippen molar-refractivity contribution in [3.05, 3.63) is 77.9 Å². The molecule has 27 heavy (non-hydrogen) atoms. The Hall–Kier alpha value is -3.12. The third-order valence-electron chi connectivity index (χ3n) is 4.41. The Labute approximate surface area is 160 Å². The van der Waals surface area contributed by atoms with Gasteiger partial charge in [0.05, 0.1) is 12.3 Å². The second-order valence-electron chi connectivity index (χ2n) is 6.22. The summed E-state index contributed by atoms with van der Waals surface area (Å²) in [5.74, 6) is -0.252. The molecule has 5 nitrogen and oxygen atoms in total. The number of hydrogen-bond donors (Lipinski definition) is 1. The van der Waals surface area contributed by atoms with Gasteiger partial charge in [-0.05, 0) is 29.1 Å². The summed E-state index contributed by atoms with van der Waals surface area (Å²) >= 11 is 1.00. The third-order valence-corrected chi connectivity index (χ3v) is 5.27. The topological polar surface area (TPSA) is 66.5 Å². The third kappa shape index (κ3) is 3.57. The van der Waals surface area contributed by atoms with Gasteiger partial charge in [0.1, 0.15) is 0 Å². The predicted molar refractivity (Wildman–Crippen MR) is 107 cm³/mol. The van der Waals surface area contributed by atoms with Crippen LogP contribution in [-0.2, 0) is 11.3 Å². The van der Waals surface area contributed by atoms with Gasteiger partial charge in [0.15, 0.2) is 0 Å². The Kier molecular flexibility index (Phi) is 4.64. The minimum atomic E-state index is -0.245. The minimum Gasteiger partial charge on any atom is -0.321 e. The highest BCUT2D eigenvalue weighted by Gasteiger charge is 2.29. The average molecular weight is 376 g/mol.